The van der Waals surface area contributed by atoms with Crippen LogP contribution in [0.5, 0.6) is 0 Å². The smallest absolute Gasteiger partial charge is 0.293 e. The van der Waals surface area contributed by atoms with Crippen LogP contribution >= 0.6 is 11.3 Å². The van der Waals surface area contributed by atoms with Crippen LogP contribution in [0.1, 0.15) is 27.9 Å². The first kappa shape index (κ1) is 14.5. The first-order chi connectivity index (χ1) is 9.27. The number of aromatic amines is 1. The maximum atomic E-state index is 12.6. The highest BCUT2D eigenvalue weighted by Gasteiger charge is 2.31. The number of halogens is 3. The van der Waals surface area contributed by atoms with Gasteiger partial charge in [0.15, 0.2) is 5.78 Å². The van der Waals surface area contributed by atoms with Crippen LogP contribution in [-0.2, 0) is 6.18 Å². The lowest BCUT2D eigenvalue weighted by atomic mass is 10.2. The van der Waals surface area contributed by atoms with Crippen LogP contribution in [-0.4, -0.2) is 5.78 Å². The molecule has 7 heteroatoms. The Hall–Kier alpha value is -1.89. The zero-order valence-electron chi connectivity index (χ0n) is 10.8. The maximum absolute atomic E-state index is 12.6. The van der Waals surface area contributed by atoms with Crippen molar-refractivity contribution in [3.63, 3.8) is 0 Å². The molecule has 1 heterocycles. The number of anilines is 2. The molecular formula is C13H12F3N2OS+. The number of benzene rings is 1. The summed E-state index contributed by atoms with van der Waals surface area (Å²) in [6.45, 7) is 3.19. The van der Waals surface area contributed by atoms with Crippen molar-refractivity contribution in [3.8, 4) is 0 Å². The molecule has 0 amide bonds. The van der Waals surface area contributed by atoms with Crippen LogP contribution in [0.4, 0.5) is 24.0 Å². The number of alkyl halides is 3. The summed E-state index contributed by atoms with van der Waals surface area (Å²) in [5, 5.41) is 3.36. The van der Waals surface area contributed by atoms with Gasteiger partial charge in [-0.15, -0.1) is 0 Å². The molecule has 1 aromatic carbocycles. The second-order valence-corrected chi connectivity index (χ2v) is 5.29. The Bertz CT molecular complexity index is 649. The van der Waals surface area contributed by atoms with Crippen LogP contribution in [0.15, 0.2) is 24.3 Å². The molecule has 0 saturated heterocycles. The third-order valence-corrected chi connectivity index (χ3v) is 3.82. The number of thiazole rings is 1. The summed E-state index contributed by atoms with van der Waals surface area (Å²) in [6, 6.07) is 4.90. The van der Waals surface area contributed by atoms with Crippen LogP contribution in [0.25, 0.3) is 0 Å². The Morgan fingerprint density at radius 3 is 2.60 bits per heavy atom. The molecule has 0 spiro atoms. The van der Waals surface area contributed by atoms with Crippen molar-refractivity contribution >= 4 is 27.9 Å². The number of ketones is 1. The molecular weight excluding hydrogens is 289 g/mol. The molecule has 1 aromatic heterocycles. The summed E-state index contributed by atoms with van der Waals surface area (Å²) < 4.78 is 37.8. The minimum absolute atomic E-state index is 0.0826. The van der Waals surface area contributed by atoms with E-state index in [1.807, 2.05) is 0 Å². The number of rotatable bonds is 3. The normalized spacial score (nSPS) is 11.4. The number of H-pyrrole nitrogens is 1. The second kappa shape index (κ2) is 5.24. The van der Waals surface area contributed by atoms with Crippen molar-refractivity contribution in [1.82, 2.24) is 0 Å². The van der Waals surface area contributed by atoms with E-state index in [4.69, 9.17) is 0 Å². The average Bonchev–Trinajstić information content (AvgIpc) is 2.69. The van der Waals surface area contributed by atoms with Gasteiger partial charge in [-0.05, 0) is 36.5 Å². The van der Waals surface area contributed by atoms with Gasteiger partial charge in [0.25, 0.3) is 0 Å². The quantitative estimate of drug-likeness (QED) is 0.875. The van der Waals surface area contributed by atoms with Crippen LogP contribution in [0.3, 0.4) is 0 Å². The Balaban J connectivity index is 2.26. The first-order valence-electron chi connectivity index (χ1n) is 5.75. The highest BCUT2D eigenvalue weighted by atomic mass is 32.1. The third kappa shape index (κ3) is 3.16. The minimum Gasteiger partial charge on any atom is -0.293 e. The molecule has 0 bridgehead atoms. The summed E-state index contributed by atoms with van der Waals surface area (Å²) in [6.07, 6.45) is -4.38. The molecule has 0 aliphatic rings. The van der Waals surface area contributed by atoms with Gasteiger partial charge in [-0.25, -0.2) is 10.3 Å². The van der Waals surface area contributed by atoms with E-state index < -0.39 is 11.7 Å². The van der Waals surface area contributed by atoms with Crippen molar-refractivity contribution in [1.29, 1.82) is 0 Å². The highest BCUT2D eigenvalue weighted by Crippen LogP contribution is 2.31. The number of hydrogen-bond acceptors (Lipinski definition) is 3. The number of hydrogen-bond donors (Lipinski definition) is 1. The van der Waals surface area contributed by atoms with E-state index in [0.717, 1.165) is 12.1 Å². The van der Waals surface area contributed by atoms with Gasteiger partial charge in [0, 0.05) is 6.92 Å². The number of nitrogens with one attached hydrogen (secondary N) is 2. The van der Waals surface area contributed by atoms with E-state index in [0.29, 0.717) is 21.4 Å². The molecule has 0 saturated carbocycles. The molecule has 0 fully saturated rings. The van der Waals surface area contributed by atoms with Gasteiger partial charge in [0.1, 0.15) is 16.3 Å². The summed E-state index contributed by atoms with van der Waals surface area (Å²) in [7, 11) is 0. The predicted molar refractivity (Wildman–Crippen MR) is 70.3 cm³/mol. The fourth-order valence-corrected chi connectivity index (χ4v) is 2.65. The van der Waals surface area contributed by atoms with E-state index in [9.17, 15) is 18.0 Å². The molecule has 20 heavy (non-hydrogen) atoms. The van der Waals surface area contributed by atoms with E-state index in [2.05, 4.69) is 10.3 Å². The standard InChI is InChI=1S/C13H11F3N2OS/c1-7-11(8(2)19)20-12(17-7)18-10-5-3-4-9(6-10)13(14,15)16/h3-6H,1-2H3,(H,17,18)/p+1. The second-order valence-electron chi connectivity index (χ2n) is 4.27. The van der Waals surface area contributed by atoms with E-state index in [-0.39, 0.29) is 5.78 Å². The lowest BCUT2D eigenvalue weighted by Gasteiger charge is -2.06. The zero-order valence-corrected chi connectivity index (χ0v) is 11.6. The fraction of sp³-hybridized carbons (Fsp3) is 0.231. The molecule has 2 N–H and O–H groups in total. The molecule has 0 atom stereocenters. The van der Waals surface area contributed by atoms with Crippen LogP contribution in [0.2, 0.25) is 0 Å². The van der Waals surface area contributed by atoms with Crippen LogP contribution < -0.4 is 10.3 Å². The molecule has 0 radical (unpaired) electrons. The molecule has 2 aromatic rings. The Morgan fingerprint density at radius 2 is 2.05 bits per heavy atom. The number of Topliss-reactive ketones (excluding diaryl/α,β-unsaturated/α-hetero) is 1. The summed E-state index contributed by atoms with van der Waals surface area (Å²) >= 11 is 1.18. The van der Waals surface area contributed by atoms with Crippen molar-refractivity contribution in [2.75, 3.05) is 5.32 Å². The van der Waals surface area contributed by atoms with Gasteiger partial charge in [-0.2, -0.15) is 13.2 Å². The monoisotopic (exact) mass is 301 g/mol. The van der Waals surface area contributed by atoms with E-state index in [1.54, 1.807) is 6.92 Å². The van der Waals surface area contributed by atoms with Crippen molar-refractivity contribution in [2.24, 2.45) is 0 Å². The lowest BCUT2D eigenvalue weighted by Crippen LogP contribution is -2.10. The topological polar surface area (TPSA) is 43.2 Å². The van der Waals surface area contributed by atoms with Gasteiger partial charge in [-0.1, -0.05) is 6.07 Å². The predicted octanol–water partition coefficient (Wildman–Crippen LogP) is 3.84. The Morgan fingerprint density at radius 1 is 1.35 bits per heavy atom. The van der Waals surface area contributed by atoms with Gasteiger partial charge in [-0.3, -0.25) is 4.79 Å². The van der Waals surface area contributed by atoms with E-state index in [1.165, 1.54) is 30.4 Å². The van der Waals surface area contributed by atoms with Gasteiger partial charge in [0.05, 0.1) is 5.56 Å². The van der Waals surface area contributed by atoms with Crippen molar-refractivity contribution < 1.29 is 22.9 Å². The Kier molecular flexibility index (Phi) is 3.80. The van der Waals surface area contributed by atoms with Crippen LogP contribution in [0, 0.1) is 6.92 Å². The van der Waals surface area contributed by atoms with Gasteiger partial charge >= 0.3 is 11.3 Å². The van der Waals surface area contributed by atoms with E-state index >= 15 is 0 Å². The van der Waals surface area contributed by atoms with Gasteiger partial charge < -0.3 is 0 Å². The summed E-state index contributed by atoms with van der Waals surface area (Å²) in [5.74, 6) is -0.0826. The number of aryl methyl sites for hydroxylation is 1. The number of carbonyl (C=O) groups is 1. The first-order valence-corrected chi connectivity index (χ1v) is 6.57. The largest absolute Gasteiger partial charge is 0.416 e. The minimum atomic E-state index is -4.38. The summed E-state index contributed by atoms with van der Waals surface area (Å²) in [5.41, 5.74) is 0.284. The number of aromatic nitrogens is 1. The SMILES string of the molecule is CC(=O)c1sc(Nc2cccc(C(F)(F)F)c2)[nH+]c1C. The van der Waals surface area contributed by atoms with Gasteiger partial charge in [0.2, 0.25) is 0 Å². The molecule has 3 nitrogen and oxygen atoms in total. The van der Waals surface area contributed by atoms with Crippen molar-refractivity contribution in [2.45, 2.75) is 20.0 Å². The molecule has 0 aliphatic heterocycles. The molecule has 2 rings (SSSR count). The Labute approximate surface area is 117 Å². The average molecular weight is 301 g/mol. The highest BCUT2D eigenvalue weighted by molar-refractivity contribution is 7.17. The number of carbonyl (C=O) groups excluding carboxylic acids is 1. The third-order valence-electron chi connectivity index (χ3n) is 2.61. The fourth-order valence-electron chi connectivity index (χ4n) is 1.73. The molecule has 0 aliphatic carbocycles. The molecule has 106 valence electrons. The molecule has 0 unspecified atom stereocenters. The maximum Gasteiger partial charge on any atom is 0.416 e. The lowest BCUT2D eigenvalue weighted by molar-refractivity contribution is -0.364. The van der Waals surface area contributed by atoms with Crippen molar-refractivity contribution in [3.05, 3.63) is 40.4 Å². The zero-order chi connectivity index (χ0) is 14.9. The summed E-state index contributed by atoms with van der Waals surface area (Å²) in [4.78, 5) is 14.8.